The van der Waals surface area contributed by atoms with Gasteiger partial charge >= 0.3 is 0 Å². The second-order valence-electron chi connectivity index (χ2n) is 2.49. The highest BCUT2D eigenvalue weighted by atomic mass is 19.1. The second-order valence-corrected chi connectivity index (χ2v) is 2.49. The van der Waals surface area contributed by atoms with Crippen LogP contribution in [0.1, 0.15) is 45.1 Å². The minimum atomic E-state index is -1.14. The topological polar surface area (TPSA) is 38.9 Å². The average Bonchev–Trinajstić information content (AvgIpc) is 2.37. The van der Waals surface area contributed by atoms with Crippen LogP contribution in [0.5, 0.6) is 0 Å². The quantitative estimate of drug-likeness (QED) is 0.657. The number of alkyl halides is 1. The van der Waals surface area contributed by atoms with Crippen molar-refractivity contribution in [1.29, 1.82) is 0 Å². The van der Waals surface area contributed by atoms with E-state index >= 15 is 0 Å². The van der Waals surface area contributed by atoms with Crippen LogP contribution in [0.15, 0.2) is 4.52 Å². The van der Waals surface area contributed by atoms with Crippen molar-refractivity contribution in [2.24, 2.45) is 0 Å². The van der Waals surface area contributed by atoms with Gasteiger partial charge in [-0.25, -0.2) is 4.39 Å². The maximum Gasteiger partial charge on any atom is 0.223 e. The average molecular weight is 174 g/mol. The van der Waals surface area contributed by atoms with E-state index in [1.165, 1.54) is 13.3 Å². The number of aryl methyl sites for hydroxylation is 1. The zero-order valence-electron chi connectivity index (χ0n) is 7.97. The number of hydrogen-bond acceptors (Lipinski definition) is 3. The first-order valence-corrected chi connectivity index (χ1v) is 4.06. The Morgan fingerprint density at radius 1 is 1.50 bits per heavy atom. The first-order chi connectivity index (χ1) is 5.61. The first-order valence-electron chi connectivity index (χ1n) is 4.06. The van der Waals surface area contributed by atoms with Crippen molar-refractivity contribution < 1.29 is 8.91 Å². The monoisotopic (exact) mass is 174 g/mol. The molecule has 0 saturated heterocycles. The van der Waals surface area contributed by atoms with E-state index in [4.69, 9.17) is 0 Å². The van der Waals surface area contributed by atoms with Crippen LogP contribution in [0.4, 0.5) is 4.39 Å². The van der Waals surface area contributed by atoms with Gasteiger partial charge in [0, 0.05) is 6.92 Å². The molecule has 0 aliphatic heterocycles. The summed E-state index contributed by atoms with van der Waals surface area (Å²) in [6.45, 7) is 7.24. The van der Waals surface area contributed by atoms with Crippen LogP contribution in [0, 0.1) is 6.92 Å². The summed E-state index contributed by atoms with van der Waals surface area (Å²) >= 11 is 0. The highest BCUT2D eigenvalue weighted by Crippen LogP contribution is 2.10. The zero-order valence-corrected chi connectivity index (χ0v) is 7.97. The molecule has 0 fully saturated rings. The molecule has 3 nitrogen and oxygen atoms in total. The highest BCUT2D eigenvalue weighted by Gasteiger charge is 2.08. The predicted molar refractivity (Wildman–Crippen MR) is 44.5 cm³/mol. The summed E-state index contributed by atoms with van der Waals surface area (Å²) in [4.78, 5) is 3.66. The van der Waals surface area contributed by atoms with Crippen molar-refractivity contribution >= 4 is 0 Å². The van der Waals surface area contributed by atoms with E-state index in [0.29, 0.717) is 5.89 Å². The van der Waals surface area contributed by atoms with Crippen molar-refractivity contribution in [3.8, 4) is 0 Å². The normalized spacial score (nSPS) is 11.8. The van der Waals surface area contributed by atoms with Gasteiger partial charge in [-0.15, -0.1) is 0 Å². The molecular formula is C8H15FN2O. The third kappa shape index (κ3) is 4.05. The fraction of sp³-hybridized carbons (Fsp3) is 0.750. The summed E-state index contributed by atoms with van der Waals surface area (Å²) in [6, 6.07) is 0. The molecule has 0 amide bonds. The molecule has 0 aromatic carbocycles. The Morgan fingerprint density at radius 2 is 2.00 bits per heavy atom. The molecule has 1 aromatic heterocycles. The molecule has 1 rings (SSSR count). The van der Waals surface area contributed by atoms with Gasteiger partial charge in [0.25, 0.3) is 0 Å². The van der Waals surface area contributed by atoms with Crippen LogP contribution in [-0.4, -0.2) is 10.1 Å². The van der Waals surface area contributed by atoms with Gasteiger partial charge in [0.15, 0.2) is 6.17 Å². The highest BCUT2D eigenvalue weighted by molar-refractivity contribution is 4.86. The van der Waals surface area contributed by atoms with Crippen molar-refractivity contribution in [3.05, 3.63) is 11.7 Å². The Kier molecular flexibility index (Phi) is 5.25. The van der Waals surface area contributed by atoms with Crippen LogP contribution in [0.25, 0.3) is 0 Å². The molecule has 70 valence electrons. The third-order valence-corrected chi connectivity index (χ3v) is 0.899. The molecule has 0 bridgehead atoms. The van der Waals surface area contributed by atoms with Crippen LogP contribution < -0.4 is 0 Å². The SMILES string of the molecule is CCC.Cc1nc(C(C)F)no1. The molecule has 1 aromatic rings. The molecule has 1 unspecified atom stereocenters. The van der Waals surface area contributed by atoms with E-state index in [0.717, 1.165) is 0 Å². The number of hydrogen-bond donors (Lipinski definition) is 0. The fourth-order valence-corrected chi connectivity index (χ4v) is 0.477. The third-order valence-electron chi connectivity index (χ3n) is 0.899. The molecular weight excluding hydrogens is 159 g/mol. The van der Waals surface area contributed by atoms with E-state index in [9.17, 15) is 4.39 Å². The minimum Gasteiger partial charge on any atom is -0.340 e. The Morgan fingerprint density at radius 3 is 2.17 bits per heavy atom. The minimum absolute atomic E-state index is 0.118. The van der Waals surface area contributed by atoms with Crippen molar-refractivity contribution in [2.75, 3.05) is 0 Å². The molecule has 0 spiro atoms. The molecule has 0 N–H and O–H groups in total. The van der Waals surface area contributed by atoms with E-state index in [1.54, 1.807) is 6.92 Å². The molecule has 0 radical (unpaired) electrons. The first kappa shape index (κ1) is 11.1. The maximum atomic E-state index is 12.3. The van der Waals surface area contributed by atoms with Gasteiger partial charge < -0.3 is 4.52 Å². The molecule has 1 atom stereocenters. The lowest BCUT2D eigenvalue weighted by Crippen LogP contribution is -1.87. The summed E-state index contributed by atoms with van der Waals surface area (Å²) in [5.41, 5.74) is 0. The zero-order chi connectivity index (χ0) is 9.56. The summed E-state index contributed by atoms with van der Waals surface area (Å²) in [7, 11) is 0. The lowest BCUT2D eigenvalue weighted by molar-refractivity contribution is 0.328. The van der Waals surface area contributed by atoms with E-state index in [1.807, 2.05) is 0 Å². The van der Waals surface area contributed by atoms with Crippen molar-refractivity contribution in [3.63, 3.8) is 0 Å². The van der Waals surface area contributed by atoms with Gasteiger partial charge in [0.2, 0.25) is 11.7 Å². The molecule has 0 aliphatic carbocycles. The molecule has 1 heterocycles. The van der Waals surface area contributed by atoms with Gasteiger partial charge in [-0.2, -0.15) is 4.98 Å². The van der Waals surface area contributed by atoms with E-state index in [-0.39, 0.29) is 5.82 Å². The number of halogens is 1. The summed E-state index contributed by atoms with van der Waals surface area (Å²) in [6.07, 6.45) is 0.113. The van der Waals surface area contributed by atoms with Crippen LogP contribution in [-0.2, 0) is 0 Å². The number of rotatable bonds is 1. The van der Waals surface area contributed by atoms with Crippen molar-refractivity contribution in [2.45, 2.75) is 40.3 Å². The molecule has 12 heavy (non-hydrogen) atoms. The second kappa shape index (κ2) is 5.69. The molecule has 0 saturated carbocycles. The van der Waals surface area contributed by atoms with Crippen molar-refractivity contribution in [1.82, 2.24) is 10.1 Å². The Bertz CT molecular complexity index is 211. The maximum absolute atomic E-state index is 12.3. The molecule has 4 heteroatoms. The largest absolute Gasteiger partial charge is 0.340 e. The summed E-state index contributed by atoms with van der Waals surface area (Å²) in [5.74, 6) is 0.516. The number of nitrogens with zero attached hydrogens (tertiary/aromatic N) is 2. The van der Waals surface area contributed by atoms with Gasteiger partial charge in [-0.05, 0) is 6.92 Å². The van der Waals surface area contributed by atoms with Crippen LogP contribution in [0.2, 0.25) is 0 Å². The van der Waals surface area contributed by atoms with E-state index in [2.05, 4.69) is 28.5 Å². The van der Waals surface area contributed by atoms with E-state index < -0.39 is 6.17 Å². The number of aromatic nitrogens is 2. The smallest absolute Gasteiger partial charge is 0.223 e. The Balaban J connectivity index is 0.000000354. The summed E-state index contributed by atoms with van der Waals surface area (Å²) < 4.78 is 16.8. The molecule has 0 aliphatic rings. The fourth-order valence-electron chi connectivity index (χ4n) is 0.477. The van der Waals surface area contributed by atoms with Crippen LogP contribution in [0.3, 0.4) is 0 Å². The predicted octanol–water partition coefficient (Wildman–Crippen LogP) is 2.82. The van der Waals surface area contributed by atoms with Gasteiger partial charge in [-0.3, -0.25) is 0 Å². The van der Waals surface area contributed by atoms with Crippen LogP contribution >= 0.6 is 0 Å². The standard InChI is InChI=1S/C5H7FN2O.C3H8/c1-3(6)5-7-4(2)9-8-5;1-3-2/h3H,1-2H3;3H2,1-2H3. The Hall–Kier alpha value is -0.930. The Labute approximate surface area is 72.0 Å². The van der Waals surface area contributed by atoms with Gasteiger partial charge in [-0.1, -0.05) is 25.4 Å². The lowest BCUT2D eigenvalue weighted by Gasteiger charge is -1.86. The van der Waals surface area contributed by atoms with Gasteiger partial charge in [0.1, 0.15) is 0 Å². The van der Waals surface area contributed by atoms with Gasteiger partial charge in [0.05, 0.1) is 0 Å². The summed E-state index contributed by atoms with van der Waals surface area (Å²) in [5, 5.41) is 3.35. The lowest BCUT2D eigenvalue weighted by atomic mass is 10.4.